The van der Waals surface area contributed by atoms with Crippen LogP contribution in [0.15, 0.2) is 36.4 Å². The van der Waals surface area contributed by atoms with E-state index < -0.39 is 11.9 Å². The van der Waals surface area contributed by atoms with Gasteiger partial charge in [-0.2, -0.15) is 0 Å². The summed E-state index contributed by atoms with van der Waals surface area (Å²) in [7, 11) is 1.41. The molecule has 7 heteroatoms. The van der Waals surface area contributed by atoms with Crippen LogP contribution in [-0.4, -0.2) is 24.1 Å². The fourth-order valence-electron chi connectivity index (χ4n) is 1.81. The van der Waals surface area contributed by atoms with Crippen LogP contribution in [0.25, 0.3) is 0 Å². The second kappa shape index (κ2) is 6.68. The van der Waals surface area contributed by atoms with Gasteiger partial charge in [-0.1, -0.05) is 29.3 Å². The van der Waals surface area contributed by atoms with Crippen molar-refractivity contribution in [1.82, 2.24) is 0 Å². The molecule has 0 aliphatic rings. The molecule has 0 spiro atoms. The summed E-state index contributed by atoms with van der Waals surface area (Å²) in [6, 6.07) is 8.80. The van der Waals surface area contributed by atoms with Crippen LogP contribution in [0.2, 0.25) is 10.0 Å². The van der Waals surface area contributed by atoms with Crippen molar-refractivity contribution in [1.29, 1.82) is 0 Å². The Morgan fingerprint density at radius 3 is 2.55 bits per heavy atom. The van der Waals surface area contributed by atoms with Gasteiger partial charge in [-0.05, 0) is 30.3 Å². The number of hydrogen-bond donors (Lipinski definition) is 2. The summed E-state index contributed by atoms with van der Waals surface area (Å²) in [6.07, 6.45) is 0. The highest BCUT2D eigenvalue weighted by Crippen LogP contribution is 2.29. The molecule has 114 valence electrons. The van der Waals surface area contributed by atoms with E-state index in [0.717, 1.165) is 0 Å². The highest BCUT2D eigenvalue weighted by atomic mass is 35.5. The molecule has 0 atom stereocenters. The zero-order chi connectivity index (χ0) is 16.3. The fourth-order valence-corrected chi connectivity index (χ4v) is 2.19. The van der Waals surface area contributed by atoms with Gasteiger partial charge in [0.05, 0.1) is 34.0 Å². The van der Waals surface area contributed by atoms with Crippen molar-refractivity contribution in [2.45, 2.75) is 0 Å². The molecule has 5 nitrogen and oxygen atoms in total. The van der Waals surface area contributed by atoms with Crippen LogP contribution in [0.4, 0.5) is 5.69 Å². The lowest BCUT2D eigenvalue weighted by Crippen LogP contribution is -2.14. The van der Waals surface area contributed by atoms with Gasteiger partial charge in [-0.15, -0.1) is 0 Å². The molecule has 2 N–H and O–H groups in total. The monoisotopic (exact) mass is 339 g/mol. The summed E-state index contributed by atoms with van der Waals surface area (Å²) >= 11 is 11.9. The van der Waals surface area contributed by atoms with Gasteiger partial charge < -0.3 is 15.2 Å². The summed E-state index contributed by atoms with van der Waals surface area (Å²) in [4.78, 5) is 23.3. The Balaban J connectivity index is 2.37. The van der Waals surface area contributed by atoms with Crippen LogP contribution in [0.1, 0.15) is 20.7 Å². The number of rotatable bonds is 4. The van der Waals surface area contributed by atoms with Crippen LogP contribution in [0, 0.1) is 0 Å². The molecule has 0 aliphatic carbocycles. The number of methoxy groups -OCH3 is 1. The standard InChI is InChI=1S/C15H11Cl2NO4/c1-22-12-6-5-8(15(20)21)7-11(12)18-14(19)9-3-2-4-10(16)13(9)17/h2-7H,1H3,(H,18,19)(H,20,21). The second-order valence-corrected chi connectivity index (χ2v) is 5.06. The van der Waals surface area contributed by atoms with Crippen LogP contribution in [0.3, 0.4) is 0 Å². The van der Waals surface area contributed by atoms with Crippen molar-refractivity contribution >= 4 is 40.8 Å². The van der Waals surface area contributed by atoms with E-state index in [1.807, 2.05) is 0 Å². The van der Waals surface area contributed by atoms with Crippen LogP contribution >= 0.6 is 23.2 Å². The molecule has 0 saturated heterocycles. The maximum absolute atomic E-state index is 12.3. The van der Waals surface area contributed by atoms with Crippen LogP contribution < -0.4 is 10.1 Å². The summed E-state index contributed by atoms with van der Waals surface area (Å²) in [5.41, 5.74) is 0.425. The third-order valence-electron chi connectivity index (χ3n) is 2.89. The average molecular weight is 340 g/mol. The summed E-state index contributed by atoms with van der Waals surface area (Å²) < 4.78 is 5.10. The molecule has 0 aromatic heterocycles. The van der Waals surface area contributed by atoms with Gasteiger partial charge in [-0.3, -0.25) is 4.79 Å². The SMILES string of the molecule is COc1ccc(C(=O)O)cc1NC(=O)c1cccc(Cl)c1Cl. The van der Waals surface area contributed by atoms with E-state index >= 15 is 0 Å². The topological polar surface area (TPSA) is 75.6 Å². The van der Waals surface area contributed by atoms with E-state index in [1.54, 1.807) is 12.1 Å². The van der Waals surface area contributed by atoms with Crippen molar-refractivity contribution in [3.63, 3.8) is 0 Å². The van der Waals surface area contributed by atoms with Gasteiger partial charge >= 0.3 is 5.97 Å². The number of amides is 1. The quantitative estimate of drug-likeness (QED) is 0.884. The number of nitrogens with one attached hydrogen (secondary N) is 1. The van der Waals surface area contributed by atoms with Crippen molar-refractivity contribution < 1.29 is 19.4 Å². The summed E-state index contributed by atoms with van der Waals surface area (Å²) in [6.45, 7) is 0. The Bertz CT molecular complexity index is 746. The average Bonchev–Trinajstić information content (AvgIpc) is 2.49. The minimum absolute atomic E-state index is 0.0216. The minimum Gasteiger partial charge on any atom is -0.495 e. The maximum Gasteiger partial charge on any atom is 0.335 e. The number of carbonyl (C=O) groups is 2. The Hall–Kier alpha value is -2.24. The molecular formula is C15H11Cl2NO4. The van der Waals surface area contributed by atoms with Gasteiger partial charge in [0.1, 0.15) is 5.75 Å². The number of hydrogen-bond acceptors (Lipinski definition) is 3. The Morgan fingerprint density at radius 1 is 1.18 bits per heavy atom. The van der Waals surface area contributed by atoms with Gasteiger partial charge in [0.2, 0.25) is 0 Å². The van der Waals surface area contributed by atoms with Crippen LogP contribution in [-0.2, 0) is 0 Å². The fraction of sp³-hybridized carbons (Fsp3) is 0.0667. The first kappa shape index (κ1) is 16.1. The zero-order valence-corrected chi connectivity index (χ0v) is 12.9. The van der Waals surface area contributed by atoms with Crippen molar-refractivity contribution in [3.05, 3.63) is 57.6 Å². The zero-order valence-electron chi connectivity index (χ0n) is 11.4. The highest BCUT2D eigenvalue weighted by molar-refractivity contribution is 6.44. The van der Waals surface area contributed by atoms with E-state index in [1.165, 1.54) is 31.4 Å². The molecule has 2 aromatic carbocycles. The third-order valence-corrected chi connectivity index (χ3v) is 3.71. The Morgan fingerprint density at radius 2 is 1.91 bits per heavy atom. The molecule has 0 fully saturated rings. The van der Waals surface area contributed by atoms with Gasteiger partial charge in [-0.25, -0.2) is 4.79 Å². The highest BCUT2D eigenvalue weighted by Gasteiger charge is 2.16. The largest absolute Gasteiger partial charge is 0.495 e. The van der Waals surface area contributed by atoms with Gasteiger partial charge in [0, 0.05) is 0 Å². The first-order valence-corrected chi connectivity index (χ1v) is 6.86. The number of aromatic carboxylic acids is 1. The molecule has 0 aliphatic heterocycles. The van der Waals surface area contributed by atoms with E-state index in [9.17, 15) is 9.59 Å². The van der Waals surface area contributed by atoms with E-state index in [0.29, 0.717) is 5.75 Å². The first-order valence-electron chi connectivity index (χ1n) is 6.10. The van der Waals surface area contributed by atoms with Crippen LogP contribution in [0.5, 0.6) is 5.75 Å². The number of ether oxygens (including phenoxy) is 1. The number of benzene rings is 2. The van der Waals surface area contributed by atoms with Crippen molar-refractivity contribution in [2.75, 3.05) is 12.4 Å². The normalized spacial score (nSPS) is 10.1. The molecule has 0 unspecified atom stereocenters. The predicted molar refractivity (Wildman–Crippen MR) is 84.4 cm³/mol. The minimum atomic E-state index is -1.11. The Labute approximate surface area is 136 Å². The molecule has 2 aromatic rings. The molecular weight excluding hydrogens is 329 g/mol. The molecule has 0 radical (unpaired) electrons. The molecule has 0 bridgehead atoms. The van der Waals surface area contributed by atoms with E-state index in [4.69, 9.17) is 33.0 Å². The lowest BCUT2D eigenvalue weighted by molar-refractivity contribution is 0.0696. The number of carboxylic acids is 1. The second-order valence-electron chi connectivity index (χ2n) is 4.28. The lowest BCUT2D eigenvalue weighted by Gasteiger charge is -2.12. The van der Waals surface area contributed by atoms with Crippen molar-refractivity contribution in [3.8, 4) is 5.75 Å². The molecule has 1 amide bonds. The van der Waals surface area contributed by atoms with E-state index in [-0.39, 0.29) is 26.9 Å². The smallest absolute Gasteiger partial charge is 0.335 e. The van der Waals surface area contributed by atoms with E-state index in [2.05, 4.69) is 5.32 Å². The number of halogens is 2. The molecule has 22 heavy (non-hydrogen) atoms. The first-order chi connectivity index (χ1) is 10.4. The van der Waals surface area contributed by atoms with Gasteiger partial charge in [0.25, 0.3) is 5.91 Å². The summed E-state index contributed by atoms with van der Waals surface area (Å²) in [5, 5.41) is 12.0. The lowest BCUT2D eigenvalue weighted by atomic mass is 10.1. The number of anilines is 1. The van der Waals surface area contributed by atoms with Gasteiger partial charge in [0.15, 0.2) is 0 Å². The third kappa shape index (κ3) is 3.32. The molecule has 0 heterocycles. The molecule has 2 rings (SSSR count). The summed E-state index contributed by atoms with van der Waals surface area (Å²) in [5.74, 6) is -1.30. The Kier molecular flexibility index (Phi) is 4.90. The number of carbonyl (C=O) groups excluding carboxylic acids is 1. The number of carboxylic acid groups (broad SMARTS) is 1. The maximum atomic E-state index is 12.3. The predicted octanol–water partition coefficient (Wildman–Crippen LogP) is 3.95. The van der Waals surface area contributed by atoms with Crippen molar-refractivity contribution in [2.24, 2.45) is 0 Å². The molecule has 0 saturated carbocycles.